The highest BCUT2D eigenvalue weighted by atomic mass is 79.9. The van der Waals surface area contributed by atoms with Crippen LogP contribution < -0.4 is 10.2 Å². The summed E-state index contributed by atoms with van der Waals surface area (Å²) >= 11 is 5.31. The van der Waals surface area contributed by atoms with Crippen LogP contribution in [0.15, 0.2) is 30.3 Å². The van der Waals surface area contributed by atoms with Crippen LogP contribution in [0.4, 0.5) is 5.69 Å². The number of thiocarbonyl (C=S) groups is 1. The molecule has 1 amide bonds. The fourth-order valence-electron chi connectivity index (χ4n) is 1.97. The monoisotopic (exact) mass is 373 g/mol. The number of hydrogen-bond donors (Lipinski definition) is 2. The van der Waals surface area contributed by atoms with Crippen LogP contribution in [0.25, 0.3) is 0 Å². The van der Waals surface area contributed by atoms with Crippen molar-refractivity contribution in [2.45, 2.75) is 0 Å². The number of nitrogens with one attached hydrogen (secondary N) is 1. The molecule has 0 unspecified atom stereocenters. The highest BCUT2D eigenvalue weighted by Crippen LogP contribution is 2.20. The van der Waals surface area contributed by atoms with Crippen LogP contribution in [-0.2, 0) is 9.59 Å². The average Bonchev–Trinajstić information content (AvgIpc) is 2.70. The number of amides is 1. The molecule has 0 radical (unpaired) electrons. The van der Waals surface area contributed by atoms with Gasteiger partial charge in [0.2, 0.25) is 0 Å². The van der Waals surface area contributed by atoms with Gasteiger partial charge < -0.3 is 15.3 Å². The lowest BCUT2D eigenvalue weighted by atomic mass is 10.3. The molecule has 1 fully saturated rings. The van der Waals surface area contributed by atoms with Crippen molar-refractivity contribution in [3.05, 3.63) is 30.3 Å². The Balaban J connectivity index is 0.00000220. The van der Waals surface area contributed by atoms with Gasteiger partial charge in [0.05, 0.1) is 12.2 Å². The van der Waals surface area contributed by atoms with Gasteiger partial charge in [-0.2, -0.15) is 0 Å². The topological polar surface area (TPSA) is 72.9 Å². The lowest BCUT2D eigenvalue weighted by molar-refractivity contribution is -0.136. The molecule has 1 heterocycles. The number of hydrogen-bond acceptors (Lipinski definition) is 4. The molecule has 1 saturated heterocycles. The minimum Gasteiger partial charge on any atom is -0.480 e. The van der Waals surface area contributed by atoms with E-state index < -0.39 is 5.97 Å². The van der Waals surface area contributed by atoms with E-state index in [0.717, 1.165) is 5.69 Å². The molecule has 21 heavy (non-hydrogen) atoms. The van der Waals surface area contributed by atoms with Gasteiger partial charge in [0, 0.05) is 13.1 Å². The van der Waals surface area contributed by atoms with E-state index in [1.54, 1.807) is 4.90 Å². The van der Waals surface area contributed by atoms with E-state index in [2.05, 4.69) is 5.32 Å². The van der Waals surface area contributed by atoms with Crippen LogP contribution in [0.1, 0.15) is 0 Å². The standard InChI is InChI=1S/C13H15N3O3S.BrH/c17-11-9-15(7-6-14-8-12(18)19)13(20)16(11)10-4-2-1-3-5-10;/h1-5,14H,6-9H2,(H,18,19);1H. The van der Waals surface area contributed by atoms with Crippen molar-refractivity contribution in [3.63, 3.8) is 0 Å². The molecule has 114 valence electrons. The first kappa shape index (κ1) is 17.5. The average molecular weight is 374 g/mol. The van der Waals surface area contributed by atoms with Crippen molar-refractivity contribution >= 4 is 51.9 Å². The minimum absolute atomic E-state index is 0. The van der Waals surface area contributed by atoms with E-state index in [9.17, 15) is 9.59 Å². The maximum atomic E-state index is 12.0. The molecular formula is C13H16BrN3O3S. The minimum atomic E-state index is -0.906. The van der Waals surface area contributed by atoms with E-state index in [1.165, 1.54) is 4.90 Å². The third-order valence-corrected chi connectivity index (χ3v) is 3.33. The predicted molar refractivity (Wildman–Crippen MR) is 88.9 cm³/mol. The fraction of sp³-hybridized carbons (Fsp3) is 0.308. The number of anilines is 1. The number of nitrogens with zero attached hydrogens (tertiary/aromatic N) is 2. The molecule has 8 heteroatoms. The van der Waals surface area contributed by atoms with Crippen molar-refractivity contribution in [1.29, 1.82) is 0 Å². The molecule has 1 aliphatic heterocycles. The summed E-state index contributed by atoms with van der Waals surface area (Å²) in [6.07, 6.45) is 0. The van der Waals surface area contributed by atoms with E-state index >= 15 is 0 Å². The fourth-order valence-corrected chi connectivity index (χ4v) is 2.33. The second-order valence-electron chi connectivity index (χ2n) is 4.34. The zero-order chi connectivity index (χ0) is 14.5. The third-order valence-electron chi connectivity index (χ3n) is 2.89. The van der Waals surface area contributed by atoms with Gasteiger partial charge in [0.1, 0.15) is 6.54 Å². The summed E-state index contributed by atoms with van der Waals surface area (Å²) in [6.45, 7) is 1.09. The van der Waals surface area contributed by atoms with Crippen molar-refractivity contribution < 1.29 is 14.7 Å². The molecule has 1 aliphatic rings. The van der Waals surface area contributed by atoms with E-state index in [-0.39, 0.29) is 36.0 Å². The van der Waals surface area contributed by atoms with Gasteiger partial charge >= 0.3 is 5.97 Å². The van der Waals surface area contributed by atoms with Crippen LogP contribution >= 0.6 is 29.2 Å². The second kappa shape index (κ2) is 8.06. The summed E-state index contributed by atoms with van der Waals surface area (Å²) in [5.41, 5.74) is 0.753. The number of carbonyl (C=O) groups excluding carboxylic acids is 1. The summed E-state index contributed by atoms with van der Waals surface area (Å²) in [6, 6.07) is 9.23. The van der Waals surface area contributed by atoms with E-state index in [0.29, 0.717) is 18.2 Å². The third kappa shape index (κ3) is 4.48. The Hall–Kier alpha value is -1.51. The second-order valence-corrected chi connectivity index (χ2v) is 4.70. The van der Waals surface area contributed by atoms with Gasteiger partial charge in [-0.15, -0.1) is 17.0 Å². The Morgan fingerprint density at radius 2 is 2.00 bits per heavy atom. The van der Waals surface area contributed by atoms with Gasteiger partial charge in [-0.25, -0.2) is 0 Å². The molecule has 0 spiro atoms. The lowest BCUT2D eigenvalue weighted by Gasteiger charge is -2.20. The molecule has 0 aromatic heterocycles. The first-order valence-electron chi connectivity index (χ1n) is 6.19. The van der Waals surface area contributed by atoms with Crippen molar-refractivity contribution in [2.75, 3.05) is 31.1 Å². The Morgan fingerprint density at radius 3 is 2.62 bits per heavy atom. The van der Waals surface area contributed by atoms with Crippen molar-refractivity contribution in [2.24, 2.45) is 0 Å². The highest BCUT2D eigenvalue weighted by molar-refractivity contribution is 8.93. The summed E-state index contributed by atoms with van der Waals surface area (Å²) in [5, 5.41) is 11.8. The molecule has 0 atom stereocenters. The van der Waals surface area contributed by atoms with Crippen molar-refractivity contribution in [1.82, 2.24) is 10.2 Å². The molecule has 2 rings (SSSR count). The van der Waals surface area contributed by atoms with E-state index in [4.69, 9.17) is 17.3 Å². The van der Waals surface area contributed by atoms with Crippen molar-refractivity contribution in [3.8, 4) is 0 Å². The number of halogens is 1. The molecule has 0 bridgehead atoms. The Morgan fingerprint density at radius 1 is 1.33 bits per heavy atom. The quantitative estimate of drug-likeness (QED) is 0.569. The van der Waals surface area contributed by atoms with Crippen LogP contribution in [0.3, 0.4) is 0 Å². The van der Waals surface area contributed by atoms with E-state index in [1.807, 2.05) is 30.3 Å². The van der Waals surface area contributed by atoms with Gasteiger partial charge in [-0.1, -0.05) is 18.2 Å². The summed E-state index contributed by atoms with van der Waals surface area (Å²) in [5.74, 6) is -0.976. The van der Waals surface area contributed by atoms with Crippen LogP contribution in [0.5, 0.6) is 0 Å². The molecule has 2 N–H and O–H groups in total. The van der Waals surface area contributed by atoms with Crippen LogP contribution in [0.2, 0.25) is 0 Å². The number of rotatable bonds is 6. The Labute approximate surface area is 138 Å². The maximum absolute atomic E-state index is 12.0. The zero-order valence-corrected chi connectivity index (χ0v) is 13.7. The van der Waals surface area contributed by atoms with Crippen LogP contribution in [0, 0.1) is 0 Å². The smallest absolute Gasteiger partial charge is 0.317 e. The molecule has 0 saturated carbocycles. The molecule has 1 aromatic rings. The highest BCUT2D eigenvalue weighted by Gasteiger charge is 2.33. The molecule has 0 aliphatic carbocycles. The number of carboxylic acid groups (broad SMARTS) is 1. The summed E-state index contributed by atoms with van der Waals surface area (Å²) in [4.78, 5) is 25.7. The van der Waals surface area contributed by atoms with Gasteiger partial charge in [0.25, 0.3) is 5.91 Å². The summed E-state index contributed by atoms with van der Waals surface area (Å²) < 4.78 is 0. The van der Waals surface area contributed by atoms with Gasteiger partial charge in [0.15, 0.2) is 5.11 Å². The predicted octanol–water partition coefficient (Wildman–Crippen LogP) is 0.872. The molecule has 1 aromatic carbocycles. The SMILES string of the molecule is Br.O=C(O)CNCCN1CC(=O)N(c2ccccc2)C1=S. The Bertz CT molecular complexity index is 527. The van der Waals surface area contributed by atoms with Gasteiger partial charge in [-0.3, -0.25) is 14.5 Å². The largest absolute Gasteiger partial charge is 0.480 e. The first-order valence-corrected chi connectivity index (χ1v) is 6.60. The number of carboxylic acids is 1. The zero-order valence-electron chi connectivity index (χ0n) is 11.2. The number of para-hydroxylation sites is 1. The molecule has 6 nitrogen and oxygen atoms in total. The number of carbonyl (C=O) groups is 2. The maximum Gasteiger partial charge on any atom is 0.317 e. The normalized spacial score (nSPS) is 14.3. The molecular weight excluding hydrogens is 358 g/mol. The first-order chi connectivity index (χ1) is 9.59. The Kier molecular flexibility index (Phi) is 6.73. The van der Waals surface area contributed by atoms with Crippen LogP contribution in [-0.4, -0.2) is 53.2 Å². The number of aliphatic carboxylic acids is 1. The summed E-state index contributed by atoms with van der Waals surface area (Å²) in [7, 11) is 0. The number of benzene rings is 1. The van der Waals surface area contributed by atoms with Gasteiger partial charge in [-0.05, 0) is 24.4 Å². The lowest BCUT2D eigenvalue weighted by Crippen LogP contribution is -2.37.